The lowest BCUT2D eigenvalue weighted by Gasteiger charge is -2.23. The van der Waals surface area contributed by atoms with Gasteiger partial charge in [-0.3, -0.25) is 0 Å². The molecule has 4 rings (SSSR count). The lowest BCUT2D eigenvalue weighted by molar-refractivity contribution is 0.0685. The van der Waals surface area contributed by atoms with Crippen LogP contribution in [0.4, 0.5) is 0 Å². The van der Waals surface area contributed by atoms with Crippen molar-refractivity contribution in [3.05, 3.63) is 58.1 Å². The zero-order valence-corrected chi connectivity index (χ0v) is 16.4. The van der Waals surface area contributed by atoms with Crippen molar-refractivity contribution in [2.45, 2.75) is 26.8 Å². The summed E-state index contributed by atoms with van der Waals surface area (Å²) in [7, 11) is 1.69. The second kappa shape index (κ2) is 6.74. The molecule has 0 bridgehead atoms. The van der Waals surface area contributed by atoms with Gasteiger partial charge in [0.15, 0.2) is 0 Å². The molecule has 0 radical (unpaired) electrons. The van der Waals surface area contributed by atoms with Gasteiger partial charge in [0.05, 0.1) is 12.8 Å². The van der Waals surface area contributed by atoms with E-state index in [0.717, 1.165) is 39.4 Å². The fourth-order valence-corrected chi connectivity index (χ4v) is 4.51. The Labute approximate surface area is 162 Å². The van der Waals surface area contributed by atoms with Crippen LogP contribution in [0.1, 0.15) is 35.5 Å². The molecule has 3 heterocycles. The van der Waals surface area contributed by atoms with E-state index in [2.05, 4.69) is 32.1 Å². The highest BCUT2D eigenvalue weighted by atomic mass is 32.1. The number of aryl methyl sites for hydroxylation is 1. The predicted octanol–water partition coefficient (Wildman–Crippen LogP) is 5.57. The molecule has 0 fully saturated rings. The number of hydrogen-bond donors (Lipinski definition) is 1. The summed E-state index contributed by atoms with van der Waals surface area (Å²) in [6.07, 6.45) is 2.89. The number of thiophene rings is 1. The second-order valence-corrected chi connectivity index (χ2v) is 7.90. The van der Waals surface area contributed by atoms with Gasteiger partial charge in [0, 0.05) is 28.1 Å². The van der Waals surface area contributed by atoms with Crippen molar-refractivity contribution < 1.29 is 14.6 Å². The van der Waals surface area contributed by atoms with E-state index < -0.39 is 5.97 Å². The molecule has 0 atom stereocenters. The van der Waals surface area contributed by atoms with Crippen molar-refractivity contribution in [1.82, 2.24) is 4.57 Å². The summed E-state index contributed by atoms with van der Waals surface area (Å²) in [6.45, 7) is 4.77. The fourth-order valence-electron chi connectivity index (χ4n) is 3.77. The summed E-state index contributed by atoms with van der Waals surface area (Å²) in [5.41, 5.74) is 6.80. The van der Waals surface area contributed by atoms with E-state index in [0.29, 0.717) is 12.2 Å². The maximum atomic E-state index is 11.8. The largest absolute Gasteiger partial charge is 0.496 e. The Bertz CT molecular complexity index is 1050. The lowest BCUT2D eigenvalue weighted by atomic mass is 9.93. The van der Waals surface area contributed by atoms with E-state index in [1.807, 2.05) is 28.1 Å². The Balaban J connectivity index is 2.02. The molecule has 5 heteroatoms. The molecule has 0 aliphatic carbocycles. The van der Waals surface area contributed by atoms with Gasteiger partial charge in [0.25, 0.3) is 0 Å². The van der Waals surface area contributed by atoms with Crippen molar-refractivity contribution in [2.75, 3.05) is 7.11 Å². The first-order valence-electron chi connectivity index (χ1n) is 8.86. The Hall–Kier alpha value is -2.79. The Morgan fingerprint density at radius 1 is 1.26 bits per heavy atom. The summed E-state index contributed by atoms with van der Waals surface area (Å²) in [5.74, 6) is -0.0355. The van der Waals surface area contributed by atoms with E-state index in [-0.39, 0.29) is 0 Å². The Kier molecular flexibility index (Phi) is 4.40. The van der Waals surface area contributed by atoms with Crippen LogP contribution >= 0.6 is 11.3 Å². The van der Waals surface area contributed by atoms with Gasteiger partial charge in [-0.25, -0.2) is 4.79 Å². The number of benzene rings is 1. The number of aromatic carboxylic acids is 1. The maximum Gasteiger partial charge on any atom is 0.352 e. The van der Waals surface area contributed by atoms with Gasteiger partial charge in [-0.1, -0.05) is 17.7 Å². The standard InChI is InChI=1S/C22H21NO3S/c1-13(2)9-15-10-16-14(11-19(15)26-3)6-7-23-18(22(24)25)12-17(21(16)23)20-5-4-8-27-20/h4-5,8-12H,6-7H2,1-3H3,(H,24,25). The van der Waals surface area contributed by atoms with Gasteiger partial charge >= 0.3 is 5.97 Å². The molecule has 0 spiro atoms. The average molecular weight is 379 g/mol. The van der Waals surface area contributed by atoms with Crippen molar-refractivity contribution in [1.29, 1.82) is 0 Å². The molecule has 0 unspecified atom stereocenters. The van der Waals surface area contributed by atoms with Crippen molar-refractivity contribution in [3.63, 3.8) is 0 Å². The molecular weight excluding hydrogens is 358 g/mol. The van der Waals surface area contributed by atoms with Gasteiger partial charge in [-0.05, 0) is 55.5 Å². The summed E-state index contributed by atoms with van der Waals surface area (Å²) in [5, 5.41) is 11.7. The van der Waals surface area contributed by atoms with Gasteiger partial charge in [-0.15, -0.1) is 11.3 Å². The smallest absolute Gasteiger partial charge is 0.352 e. The molecule has 3 aromatic rings. The number of carbonyl (C=O) groups is 1. The summed E-state index contributed by atoms with van der Waals surface area (Å²) in [4.78, 5) is 12.9. The van der Waals surface area contributed by atoms with Crippen molar-refractivity contribution in [3.8, 4) is 27.4 Å². The third-order valence-corrected chi connectivity index (χ3v) is 5.77. The molecule has 2 aromatic heterocycles. The van der Waals surface area contributed by atoms with Crippen LogP contribution < -0.4 is 4.74 Å². The van der Waals surface area contributed by atoms with Crippen LogP contribution in [-0.2, 0) is 13.0 Å². The highest BCUT2D eigenvalue weighted by molar-refractivity contribution is 7.13. The monoisotopic (exact) mass is 379 g/mol. The van der Waals surface area contributed by atoms with Crippen molar-refractivity contribution in [2.24, 2.45) is 0 Å². The highest BCUT2D eigenvalue weighted by Gasteiger charge is 2.27. The van der Waals surface area contributed by atoms with E-state index in [9.17, 15) is 9.90 Å². The molecule has 138 valence electrons. The van der Waals surface area contributed by atoms with Crippen LogP contribution in [0.5, 0.6) is 5.75 Å². The van der Waals surface area contributed by atoms with Crippen LogP contribution in [0.25, 0.3) is 27.8 Å². The zero-order chi connectivity index (χ0) is 19.1. The first-order valence-corrected chi connectivity index (χ1v) is 9.74. The predicted molar refractivity (Wildman–Crippen MR) is 110 cm³/mol. The normalized spacial score (nSPS) is 12.3. The molecule has 0 saturated heterocycles. The Morgan fingerprint density at radius 2 is 2.07 bits per heavy atom. The van der Waals surface area contributed by atoms with Crippen LogP contribution in [0, 0.1) is 0 Å². The lowest BCUT2D eigenvalue weighted by Crippen LogP contribution is -2.16. The van der Waals surface area contributed by atoms with Crippen molar-refractivity contribution >= 4 is 23.4 Å². The number of aromatic nitrogens is 1. The molecule has 0 saturated carbocycles. The maximum absolute atomic E-state index is 11.8. The number of methoxy groups -OCH3 is 1. The molecule has 1 aliphatic heterocycles. The summed E-state index contributed by atoms with van der Waals surface area (Å²) in [6, 6.07) is 10.1. The number of fused-ring (bicyclic) bond motifs is 3. The van der Waals surface area contributed by atoms with E-state index >= 15 is 0 Å². The van der Waals surface area contributed by atoms with Crippen LogP contribution in [0.3, 0.4) is 0 Å². The fraction of sp³-hybridized carbons (Fsp3) is 0.227. The minimum absolute atomic E-state index is 0.346. The Morgan fingerprint density at radius 3 is 2.70 bits per heavy atom. The number of ether oxygens (including phenoxy) is 1. The number of rotatable bonds is 4. The molecule has 1 N–H and O–H groups in total. The molecule has 4 nitrogen and oxygen atoms in total. The number of carboxylic acid groups (broad SMARTS) is 1. The number of carboxylic acids is 1. The number of hydrogen-bond acceptors (Lipinski definition) is 3. The number of allylic oxidation sites excluding steroid dienone is 1. The molecular formula is C22H21NO3S. The molecule has 27 heavy (non-hydrogen) atoms. The average Bonchev–Trinajstić information content (AvgIpc) is 3.28. The van der Waals surface area contributed by atoms with E-state index in [1.54, 1.807) is 18.4 Å². The van der Waals surface area contributed by atoms with Gasteiger partial charge in [0.1, 0.15) is 11.4 Å². The first-order chi connectivity index (χ1) is 13.0. The summed E-state index contributed by atoms with van der Waals surface area (Å²) < 4.78 is 7.55. The van der Waals surface area contributed by atoms with E-state index in [1.165, 1.54) is 11.1 Å². The molecule has 0 amide bonds. The molecule has 1 aromatic carbocycles. The summed E-state index contributed by atoms with van der Waals surface area (Å²) >= 11 is 1.63. The van der Waals surface area contributed by atoms with Crippen LogP contribution in [0.15, 0.2) is 41.3 Å². The SMILES string of the molecule is COc1cc2c(cc1C=C(C)C)-c1c(-c3cccs3)cc(C(=O)O)n1CC2. The number of nitrogens with zero attached hydrogens (tertiary/aromatic N) is 1. The molecule has 1 aliphatic rings. The van der Waals surface area contributed by atoms with Gasteiger partial charge < -0.3 is 14.4 Å². The van der Waals surface area contributed by atoms with Crippen LogP contribution in [-0.4, -0.2) is 22.8 Å². The third kappa shape index (κ3) is 2.98. The second-order valence-electron chi connectivity index (χ2n) is 6.95. The first kappa shape index (κ1) is 17.6. The topological polar surface area (TPSA) is 51.5 Å². The minimum Gasteiger partial charge on any atom is -0.496 e. The van der Waals surface area contributed by atoms with Crippen LogP contribution in [0.2, 0.25) is 0 Å². The zero-order valence-electron chi connectivity index (χ0n) is 15.6. The minimum atomic E-state index is -0.888. The highest BCUT2D eigenvalue weighted by Crippen LogP contribution is 2.43. The third-order valence-electron chi connectivity index (χ3n) is 4.86. The van der Waals surface area contributed by atoms with E-state index in [4.69, 9.17) is 4.74 Å². The van der Waals surface area contributed by atoms with Gasteiger partial charge in [0.2, 0.25) is 0 Å². The quantitative estimate of drug-likeness (QED) is 0.645. The van der Waals surface area contributed by atoms with Gasteiger partial charge in [-0.2, -0.15) is 0 Å².